The number of rotatable bonds is 2. The van der Waals surface area contributed by atoms with E-state index in [2.05, 4.69) is 45.1 Å². The van der Waals surface area contributed by atoms with E-state index in [4.69, 9.17) is 4.98 Å². The molecule has 0 unspecified atom stereocenters. The van der Waals surface area contributed by atoms with E-state index in [9.17, 15) is 0 Å². The summed E-state index contributed by atoms with van der Waals surface area (Å²) in [4.78, 5) is 14.0. The van der Waals surface area contributed by atoms with Crippen LogP contribution in [0.2, 0.25) is 0 Å². The maximum absolute atomic E-state index is 4.86. The zero-order valence-corrected chi connectivity index (χ0v) is 12.9. The van der Waals surface area contributed by atoms with Gasteiger partial charge in [0.05, 0.1) is 0 Å². The molecule has 0 atom stereocenters. The summed E-state index contributed by atoms with van der Waals surface area (Å²) in [5, 5.41) is 0. The number of para-hydroxylation sites is 1. The van der Waals surface area contributed by atoms with E-state index in [0.29, 0.717) is 0 Å². The van der Waals surface area contributed by atoms with Crippen molar-refractivity contribution in [1.29, 1.82) is 0 Å². The monoisotopic (exact) mass is 294 g/mol. The van der Waals surface area contributed by atoms with Crippen LogP contribution in [0.3, 0.4) is 0 Å². The van der Waals surface area contributed by atoms with Crippen molar-refractivity contribution < 1.29 is 0 Å². The number of hydrogen-bond donors (Lipinski definition) is 0. The lowest BCUT2D eigenvalue weighted by Gasteiger charge is -2.23. The number of benzene rings is 1. The highest BCUT2D eigenvalue weighted by Crippen LogP contribution is 2.32. The van der Waals surface area contributed by atoms with Crippen LogP contribution in [0.5, 0.6) is 0 Å². The lowest BCUT2D eigenvalue weighted by atomic mass is 10.2. The van der Waals surface area contributed by atoms with Crippen LogP contribution in [-0.2, 0) is 6.42 Å². The van der Waals surface area contributed by atoms with Gasteiger partial charge in [-0.05, 0) is 37.0 Å². The fourth-order valence-electron chi connectivity index (χ4n) is 3.49. The molecule has 1 aromatic carbocycles. The number of hydrogen-bond acceptors (Lipinski definition) is 4. The quantitative estimate of drug-likeness (QED) is 0.848. The van der Waals surface area contributed by atoms with Crippen molar-refractivity contribution in [2.45, 2.75) is 32.1 Å². The van der Waals surface area contributed by atoms with Crippen LogP contribution < -0.4 is 9.80 Å². The third-order valence-corrected chi connectivity index (χ3v) is 4.69. The zero-order valence-electron chi connectivity index (χ0n) is 12.9. The lowest BCUT2D eigenvalue weighted by Crippen LogP contribution is -2.26. The van der Waals surface area contributed by atoms with E-state index in [1.807, 2.05) is 6.20 Å². The Kier molecular flexibility index (Phi) is 3.67. The van der Waals surface area contributed by atoms with Gasteiger partial charge in [0.25, 0.3) is 0 Å². The minimum absolute atomic E-state index is 0.840. The second kappa shape index (κ2) is 5.95. The van der Waals surface area contributed by atoms with Crippen molar-refractivity contribution in [2.24, 2.45) is 0 Å². The smallest absolute Gasteiger partial charge is 0.231 e. The molecule has 0 radical (unpaired) electrons. The molecule has 22 heavy (non-hydrogen) atoms. The minimum atomic E-state index is 0.840. The van der Waals surface area contributed by atoms with Crippen molar-refractivity contribution in [3.8, 4) is 0 Å². The summed E-state index contributed by atoms with van der Waals surface area (Å²) in [5.74, 6) is 1.92. The van der Waals surface area contributed by atoms with E-state index in [1.54, 1.807) is 0 Å². The van der Waals surface area contributed by atoms with Crippen molar-refractivity contribution in [2.75, 3.05) is 29.4 Å². The Balaban J connectivity index is 1.62. The van der Waals surface area contributed by atoms with Gasteiger partial charge >= 0.3 is 0 Å². The number of fused-ring (bicyclic) bond motifs is 1. The fourth-order valence-corrected chi connectivity index (χ4v) is 3.49. The average Bonchev–Trinajstić information content (AvgIpc) is 2.81. The maximum atomic E-state index is 4.86. The van der Waals surface area contributed by atoms with Crippen LogP contribution in [0.25, 0.3) is 0 Å². The van der Waals surface area contributed by atoms with Gasteiger partial charge in [-0.25, -0.2) is 4.98 Å². The Morgan fingerprint density at radius 3 is 2.55 bits per heavy atom. The lowest BCUT2D eigenvalue weighted by molar-refractivity contribution is 0.726. The molecule has 2 aliphatic heterocycles. The first-order valence-corrected chi connectivity index (χ1v) is 8.35. The van der Waals surface area contributed by atoms with Gasteiger partial charge in [0, 0.05) is 31.5 Å². The summed E-state index contributed by atoms with van der Waals surface area (Å²) in [6.07, 6.45) is 8.20. The van der Waals surface area contributed by atoms with Gasteiger partial charge in [0.15, 0.2) is 0 Å². The Hall–Kier alpha value is -2.10. The molecule has 0 amide bonds. The number of anilines is 3. The van der Waals surface area contributed by atoms with Crippen molar-refractivity contribution in [1.82, 2.24) is 9.97 Å². The third kappa shape index (κ3) is 2.54. The van der Waals surface area contributed by atoms with Gasteiger partial charge in [0.2, 0.25) is 5.95 Å². The molecule has 0 N–H and O–H groups in total. The predicted molar refractivity (Wildman–Crippen MR) is 89.9 cm³/mol. The molecule has 0 bridgehead atoms. The van der Waals surface area contributed by atoms with Gasteiger partial charge in [0.1, 0.15) is 5.82 Å². The number of aromatic nitrogens is 2. The molecule has 0 aliphatic carbocycles. The third-order valence-electron chi connectivity index (χ3n) is 4.69. The predicted octanol–water partition coefficient (Wildman–Crippen LogP) is 3.55. The zero-order chi connectivity index (χ0) is 14.8. The molecule has 2 aromatic rings. The van der Waals surface area contributed by atoms with E-state index < -0.39 is 0 Å². The Morgan fingerprint density at radius 1 is 0.864 bits per heavy atom. The second-order valence-corrected chi connectivity index (χ2v) is 6.15. The van der Waals surface area contributed by atoms with Crippen LogP contribution in [-0.4, -0.2) is 29.6 Å². The second-order valence-electron chi connectivity index (χ2n) is 6.15. The summed E-state index contributed by atoms with van der Waals surface area (Å²) >= 11 is 0. The van der Waals surface area contributed by atoms with Gasteiger partial charge in [-0.2, -0.15) is 4.98 Å². The van der Waals surface area contributed by atoms with Crippen LogP contribution >= 0.6 is 0 Å². The standard InChI is InChI=1S/C18H22N4/c1-2-6-13-21(12-5-1)17-9-11-19-18(20-17)22-14-10-15-7-3-4-8-16(15)22/h3-4,7-9,11H,1-2,5-6,10,12-14H2. The van der Waals surface area contributed by atoms with E-state index in [-0.39, 0.29) is 0 Å². The van der Waals surface area contributed by atoms with Gasteiger partial charge in [-0.15, -0.1) is 0 Å². The topological polar surface area (TPSA) is 32.3 Å². The minimum Gasteiger partial charge on any atom is -0.356 e. The van der Waals surface area contributed by atoms with Crippen LogP contribution in [0.4, 0.5) is 17.5 Å². The van der Waals surface area contributed by atoms with Gasteiger partial charge < -0.3 is 9.80 Å². The Labute approximate surface area is 131 Å². The molecular formula is C18H22N4. The number of nitrogens with zero attached hydrogens (tertiary/aromatic N) is 4. The molecule has 1 fully saturated rings. The molecule has 0 spiro atoms. The molecule has 4 heteroatoms. The summed E-state index contributed by atoms with van der Waals surface area (Å²) in [6, 6.07) is 10.6. The summed E-state index contributed by atoms with van der Waals surface area (Å²) in [5.41, 5.74) is 2.65. The van der Waals surface area contributed by atoms with Crippen LogP contribution in [0.1, 0.15) is 31.2 Å². The summed E-state index contributed by atoms with van der Waals surface area (Å²) in [6.45, 7) is 3.21. The summed E-state index contributed by atoms with van der Waals surface area (Å²) < 4.78 is 0. The molecule has 1 aromatic heterocycles. The first-order chi connectivity index (χ1) is 10.9. The first kappa shape index (κ1) is 13.6. The van der Waals surface area contributed by atoms with Crippen LogP contribution in [0, 0.1) is 0 Å². The van der Waals surface area contributed by atoms with Crippen LogP contribution in [0.15, 0.2) is 36.5 Å². The van der Waals surface area contributed by atoms with E-state index in [0.717, 1.165) is 37.8 Å². The molecule has 4 nitrogen and oxygen atoms in total. The average molecular weight is 294 g/mol. The Bertz CT molecular complexity index is 647. The highest BCUT2D eigenvalue weighted by molar-refractivity contribution is 5.66. The highest BCUT2D eigenvalue weighted by Gasteiger charge is 2.22. The molecule has 114 valence electrons. The molecule has 0 saturated carbocycles. The first-order valence-electron chi connectivity index (χ1n) is 8.35. The van der Waals surface area contributed by atoms with Crippen molar-refractivity contribution in [3.05, 3.63) is 42.1 Å². The molecule has 3 heterocycles. The maximum Gasteiger partial charge on any atom is 0.231 e. The molecule has 4 rings (SSSR count). The van der Waals surface area contributed by atoms with Crippen molar-refractivity contribution >= 4 is 17.5 Å². The van der Waals surface area contributed by atoms with E-state index in [1.165, 1.54) is 36.9 Å². The SMILES string of the molecule is c1ccc2c(c1)CCN2c1nccc(N2CCCCCC2)n1. The van der Waals surface area contributed by atoms with Crippen molar-refractivity contribution in [3.63, 3.8) is 0 Å². The summed E-state index contributed by atoms with van der Waals surface area (Å²) in [7, 11) is 0. The van der Waals surface area contributed by atoms with Gasteiger partial charge in [-0.3, -0.25) is 0 Å². The molecular weight excluding hydrogens is 272 g/mol. The fraction of sp³-hybridized carbons (Fsp3) is 0.444. The Morgan fingerprint density at radius 2 is 1.68 bits per heavy atom. The normalized spacial score (nSPS) is 18.2. The van der Waals surface area contributed by atoms with E-state index >= 15 is 0 Å². The highest BCUT2D eigenvalue weighted by atomic mass is 15.3. The molecule has 2 aliphatic rings. The van der Waals surface area contributed by atoms with Gasteiger partial charge in [-0.1, -0.05) is 31.0 Å². The molecule has 1 saturated heterocycles. The largest absolute Gasteiger partial charge is 0.356 e.